The molecule has 1 aromatic heterocycles. The van der Waals surface area contributed by atoms with Crippen molar-refractivity contribution in [2.24, 2.45) is 5.92 Å². The zero-order valence-corrected chi connectivity index (χ0v) is 13.2. The van der Waals surface area contributed by atoms with Crippen molar-refractivity contribution in [3.63, 3.8) is 0 Å². The number of anilines is 2. The molecular weight excluding hydrogens is 308 g/mol. The molecule has 0 saturated heterocycles. The number of carboxylic acids is 1. The average Bonchev–Trinajstić information content (AvgIpc) is 2.75. The van der Waals surface area contributed by atoms with Gasteiger partial charge in [0.2, 0.25) is 5.95 Å². The van der Waals surface area contributed by atoms with Crippen molar-refractivity contribution in [2.45, 2.75) is 25.7 Å². The number of aryl methyl sites for hydroxylation is 1. The first-order valence-corrected chi connectivity index (χ1v) is 7.97. The molecule has 24 heavy (non-hydrogen) atoms. The van der Waals surface area contributed by atoms with Gasteiger partial charge in [-0.1, -0.05) is 12.1 Å². The van der Waals surface area contributed by atoms with Gasteiger partial charge < -0.3 is 16.2 Å². The number of nitrogens with two attached hydrogens (primary N) is 1. The van der Waals surface area contributed by atoms with Gasteiger partial charge in [-0.25, -0.2) is 4.79 Å². The summed E-state index contributed by atoms with van der Waals surface area (Å²) in [5.41, 5.74) is 7.46. The number of aromatic amines is 1. The van der Waals surface area contributed by atoms with Crippen molar-refractivity contribution in [3.8, 4) is 0 Å². The third-order valence-corrected chi connectivity index (χ3v) is 4.41. The van der Waals surface area contributed by atoms with Crippen LogP contribution in [0.15, 0.2) is 29.1 Å². The Kier molecular flexibility index (Phi) is 4.50. The van der Waals surface area contributed by atoms with E-state index in [9.17, 15) is 9.59 Å². The smallest absolute Gasteiger partial charge is 0.335 e. The van der Waals surface area contributed by atoms with Crippen LogP contribution in [0.4, 0.5) is 11.8 Å². The first-order valence-electron chi connectivity index (χ1n) is 7.97. The van der Waals surface area contributed by atoms with Gasteiger partial charge in [-0.3, -0.25) is 9.78 Å². The van der Waals surface area contributed by atoms with Gasteiger partial charge in [-0.15, -0.1) is 0 Å². The van der Waals surface area contributed by atoms with Crippen LogP contribution in [-0.4, -0.2) is 27.6 Å². The molecule has 1 aliphatic rings. The highest BCUT2D eigenvalue weighted by Crippen LogP contribution is 2.24. The zero-order chi connectivity index (χ0) is 17.1. The molecule has 0 fully saturated rings. The maximum atomic E-state index is 12.1. The standard InChI is InChI=1S/C17H20N4O3/c18-17-20-14-13(15(22)21-17)9-11(7-8-19-14)2-1-10-3-5-12(6-4-10)16(23)24/h3-6,11H,1-2,7-9H2,(H,23,24)(H4,18,19,20,21,22). The summed E-state index contributed by atoms with van der Waals surface area (Å²) in [6.45, 7) is 0.755. The number of rotatable bonds is 4. The largest absolute Gasteiger partial charge is 0.478 e. The number of aromatic carboxylic acids is 1. The summed E-state index contributed by atoms with van der Waals surface area (Å²) in [5.74, 6) is 0.163. The fourth-order valence-electron chi connectivity index (χ4n) is 3.07. The second kappa shape index (κ2) is 6.74. The summed E-state index contributed by atoms with van der Waals surface area (Å²) < 4.78 is 0. The fraction of sp³-hybridized carbons (Fsp3) is 0.353. The molecular formula is C17H20N4O3. The van der Waals surface area contributed by atoms with Gasteiger partial charge in [0.05, 0.1) is 11.1 Å². The van der Waals surface area contributed by atoms with Crippen LogP contribution in [0.3, 0.4) is 0 Å². The molecule has 0 spiro atoms. The third-order valence-electron chi connectivity index (χ3n) is 4.41. The van der Waals surface area contributed by atoms with Gasteiger partial charge in [-0.2, -0.15) is 4.98 Å². The van der Waals surface area contributed by atoms with Crippen molar-refractivity contribution < 1.29 is 9.90 Å². The van der Waals surface area contributed by atoms with Crippen molar-refractivity contribution in [3.05, 3.63) is 51.3 Å². The Labute approximate surface area is 138 Å². The van der Waals surface area contributed by atoms with E-state index in [1.54, 1.807) is 12.1 Å². The van der Waals surface area contributed by atoms with Crippen LogP contribution >= 0.6 is 0 Å². The molecule has 0 aliphatic carbocycles. The second-order valence-electron chi connectivity index (χ2n) is 6.10. The lowest BCUT2D eigenvalue weighted by atomic mass is 9.91. The first kappa shape index (κ1) is 16.0. The number of hydrogen-bond donors (Lipinski definition) is 4. The van der Waals surface area contributed by atoms with Gasteiger partial charge in [0.25, 0.3) is 5.56 Å². The molecule has 5 N–H and O–H groups in total. The fourth-order valence-corrected chi connectivity index (χ4v) is 3.07. The molecule has 1 aliphatic heterocycles. The number of nitrogens with one attached hydrogen (secondary N) is 2. The minimum atomic E-state index is -0.918. The van der Waals surface area contributed by atoms with Crippen molar-refractivity contribution in [1.82, 2.24) is 9.97 Å². The molecule has 0 bridgehead atoms. The van der Waals surface area contributed by atoms with Crippen molar-refractivity contribution in [1.29, 1.82) is 0 Å². The van der Waals surface area contributed by atoms with E-state index in [2.05, 4.69) is 15.3 Å². The molecule has 3 rings (SSSR count). The van der Waals surface area contributed by atoms with E-state index in [-0.39, 0.29) is 11.5 Å². The molecule has 1 unspecified atom stereocenters. The van der Waals surface area contributed by atoms with Crippen LogP contribution in [0.5, 0.6) is 0 Å². The summed E-state index contributed by atoms with van der Waals surface area (Å²) in [5, 5.41) is 12.1. The number of H-pyrrole nitrogens is 1. The lowest BCUT2D eigenvalue weighted by molar-refractivity contribution is 0.0697. The van der Waals surface area contributed by atoms with E-state index >= 15 is 0 Å². The average molecular weight is 328 g/mol. The summed E-state index contributed by atoms with van der Waals surface area (Å²) in [7, 11) is 0. The molecule has 2 heterocycles. The number of aromatic nitrogens is 2. The molecule has 7 nitrogen and oxygen atoms in total. The van der Waals surface area contributed by atoms with Crippen molar-refractivity contribution >= 4 is 17.7 Å². The minimum absolute atomic E-state index is 0.128. The predicted octanol–water partition coefficient (Wildman–Crippen LogP) is 1.66. The van der Waals surface area contributed by atoms with E-state index in [4.69, 9.17) is 10.8 Å². The van der Waals surface area contributed by atoms with Crippen LogP contribution in [0.2, 0.25) is 0 Å². The molecule has 1 atom stereocenters. The van der Waals surface area contributed by atoms with Crippen LogP contribution in [0, 0.1) is 5.92 Å². The normalized spacial score (nSPS) is 16.8. The molecule has 0 saturated carbocycles. The SMILES string of the molecule is Nc1nc2c(c(=O)[nH]1)CC(CCc1ccc(C(=O)O)cc1)CCN2. The summed E-state index contributed by atoms with van der Waals surface area (Å²) >= 11 is 0. The maximum Gasteiger partial charge on any atom is 0.335 e. The second-order valence-corrected chi connectivity index (χ2v) is 6.10. The maximum absolute atomic E-state index is 12.1. The molecule has 0 radical (unpaired) electrons. The Hall–Kier alpha value is -2.83. The van der Waals surface area contributed by atoms with Gasteiger partial charge >= 0.3 is 5.97 Å². The number of nitrogens with zero attached hydrogens (tertiary/aromatic N) is 1. The van der Waals surface area contributed by atoms with Crippen LogP contribution in [0.1, 0.15) is 34.3 Å². The summed E-state index contributed by atoms with van der Waals surface area (Å²) in [6, 6.07) is 6.95. The Morgan fingerprint density at radius 3 is 2.79 bits per heavy atom. The monoisotopic (exact) mass is 328 g/mol. The molecule has 1 aromatic carbocycles. The number of benzene rings is 1. The van der Waals surface area contributed by atoms with E-state index in [1.165, 1.54) is 0 Å². The number of fused-ring (bicyclic) bond motifs is 1. The van der Waals surface area contributed by atoms with E-state index in [0.29, 0.717) is 29.3 Å². The van der Waals surface area contributed by atoms with Crippen LogP contribution in [0.25, 0.3) is 0 Å². The van der Waals surface area contributed by atoms with E-state index < -0.39 is 5.97 Å². The van der Waals surface area contributed by atoms with Gasteiger partial charge in [-0.05, 0) is 49.3 Å². The Morgan fingerprint density at radius 1 is 1.33 bits per heavy atom. The summed E-state index contributed by atoms with van der Waals surface area (Å²) in [6.07, 6.45) is 3.39. The molecule has 126 valence electrons. The van der Waals surface area contributed by atoms with Gasteiger partial charge in [0.15, 0.2) is 0 Å². The molecule has 2 aromatic rings. The number of carbonyl (C=O) groups is 1. The number of carboxylic acid groups (broad SMARTS) is 1. The van der Waals surface area contributed by atoms with Crippen LogP contribution < -0.4 is 16.6 Å². The Balaban J connectivity index is 1.67. The van der Waals surface area contributed by atoms with Gasteiger partial charge in [0.1, 0.15) is 5.82 Å². The Morgan fingerprint density at radius 2 is 2.08 bits per heavy atom. The van der Waals surface area contributed by atoms with E-state index in [0.717, 1.165) is 31.4 Å². The Bertz CT molecular complexity index is 798. The highest BCUT2D eigenvalue weighted by atomic mass is 16.4. The van der Waals surface area contributed by atoms with Crippen molar-refractivity contribution in [2.75, 3.05) is 17.6 Å². The lowest BCUT2D eigenvalue weighted by Crippen LogP contribution is -2.19. The first-order chi connectivity index (χ1) is 11.5. The third kappa shape index (κ3) is 3.56. The molecule has 7 heteroatoms. The summed E-state index contributed by atoms with van der Waals surface area (Å²) in [4.78, 5) is 29.7. The highest BCUT2D eigenvalue weighted by molar-refractivity contribution is 5.87. The minimum Gasteiger partial charge on any atom is -0.478 e. The quantitative estimate of drug-likeness (QED) is 0.677. The lowest BCUT2D eigenvalue weighted by Gasteiger charge is -2.13. The molecule has 0 amide bonds. The van der Waals surface area contributed by atoms with E-state index in [1.807, 2.05) is 12.1 Å². The van der Waals surface area contributed by atoms with Crippen LogP contribution in [-0.2, 0) is 12.8 Å². The predicted molar refractivity (Wildman–Crippen MR) is 91.3 cm³/mol. The number of hydrogen-bond acceptors (Lipinski definition) is 5. The highest BCUT2D eigenvalue weighted by Gasteiger charge is 2.20. The van der Waals surface area contributed by atoms with Gasteiger partial charge in [0, 0.05) is 6.54 Å². The zero-order valence-electron chi connectivity index (χ0n) is 13.2. The number of nitrogen functional groups attached to an aromatic ring is 1. The topological polar surface area (TPSA) is 121 Å².